The number of halogens is 2. The van der Waals surface area contributed by atoms with Crippen LogP contribution in [0.5, 0.6) is 0 Å². The minimum absolute atomic E-state index is 0.273. The highest BCUT2D eigenvalue weighted by Crippen LogP contribution is 2.34. The topological polar surface area (TPSA) is 87.1 Å². The fraction of sp³-hybridized carbons (Fsp3) is 0.321. The van der Waals surface area contributed by atoms with Crippen molar-refractivity contribution in [2.45, 2.75) is 36.2 Å². The molecule has 1 saturated carbocycles. The molecule has 8 nitrogen and oxygen atoms in total. The van der Waals surface area contributed by atoms with Crippen LogP contribution in [0.2, 0.25) is 10.0 Å². The molecule has 1 N–H and O–H groups in total. The maximum Gasteiger partial charge on any atom is 0.234 e. The van der Waals surface area contributed by atoms with Crippen molar-refractivity contribution in [2.75, 3.05) is 41.3 Å². The highest BCUT2D eigenvalue weighted by atomic mass is 35.5. The lowest BCUT2D eigenvalue weighted by Crippen LogP contribution is -2.47. The molecule has 0 unspecified atom stereocenters. The molecule has 2 aromatic heterocycles. The molecule has 40 heavy (non-hydrogen) atoms. The zero-order chi connectivity index (χ0) is 27.6. The van der Waals surface area contributed by atoms with Crippen molar-refractivity contribution in [1.29, 1.82) is 0 Å². The highest BCUT2D eigenvalue weighted by molar-refractivity contribution is 7.99. The molecule has 1 aliphatic heterocycles. The van der Waals surface area contributed by atoms with E-state index in [2.05, 4.69) is 25.1 Å². The second-order valence-corrected chi connectivity index (χ2v) is 12.9. The van der Waals surface area contributed by atoms with Crippen molar-refractivity contribution in [3.63, 3.8) is 0 Å². The minimum Gasteiger partial charge on any atom is -0.367 e. The number of piperazine rings is 1. The third kappa shape index (κ3) is 6.52. The van der Waals surface area contributed by atoms with Crippen LogP contribution in [0.15, 0.2) is 58.7 Å². The van der Waals surface area contributed by atoms with Crippen molar-refractivity contribution < 1.29 is 4.79 Å². The molecule has 0 atom stereocenters. The van der Waals surface area contributed by atoms with E-state index in [-0.39, 0.29) is 5.92 Å². The van der Waals surface area contributed by atoms with Crippen LogP contribution >= 0.6 is 46.3 Å². The van der Waals surface area contributed by atoms with Gasteiger partial charge in [0.2, 0.25) is 11.9 Å². The lowest BCUT2D eigenvalue weighted by molar-refractivity contribution is -0.119. The molecule has 2 fully saturated rings. The summed E-state index contributed by atoms with van der Waals surface area (Å²) in [5.74, 6) is 1.67. The van der Waals surface area contributed by atoms with Gasteiger partial charge in [0.05, 0.1) is 15.7 Å². The quantitative estimate of drug-likeness (QED) is 0.222. The fourth-order valence-corrected chi connectivity index (χ4v) is 6.33. The van der Waals surface area contributed by atoms with Gasteiger partial charge < -0.3 is 9.80 Å². The van der Waals surface area contributed by atoms with Crippen LogP contribution in [0.3, 0.4) is 0 Å². The van der Waals surface area contributed by atoms with E-state index >= 15 is 0 Å². The first-order chi connectivity index (χ1) is 19.4. The maximum absolute atomic E-state index is 12.2. The Morgan fingerprint density at radius 1 is 1.02 bits per heavy atom. The van der Waals surface area contributed by atoms with Gasteiger partial charge in [-0.1, -0.05) is 41.4 Å². The predicted octanol–water partition coefficient (Wildman–Crippen LogP) is 6.69. The average molecular weight is 613 g/mol. The minimum atomic E-state index is 0.273. The van der Waals surface area contributed by atoms with Crippen molar-refractivity contribution in [3.8, 4) is 0 Å². The molecule has 1 saturated heterocycles. The fourth-order valence-electron chi connectivity index (χ4n) is 4.51. The number of aromatic nitrogens is 4. The Morgan fingerprint density at radius 2 is 1.77 bits per heavy atom. The Labute approximate surface area is 251 Å². The number of Topliss-reactive ketones (excluding diaryl/α,β-unsaturated/α-hetero) is 1. The molecular weight excluding hydrogens is 585 g/mol. The summed E-state index contributed by atoms with van der Waals surface area (Å²) >= 11 is 15.7. The summed E-state index contributed by atoms with van der Waals surface area (Å²) in [6.45, 7) is 4.96. The van der Waals surface area contributed by atoms with E-state index in [0.29, 0.717) is 39.3 Å². The van der Waals surface area contributed by atoms with Gasteiger partial charge in [-0.05, 0) is 61.4 Å². The van der Waals surface area contributed by atoms with Crippen LogP contribution in [0.1, 0.15) is 23.3 Å². The van der Waals surface area contributed by atoms with Gasteiger partial charge in [-0.25, -0.2) is 4.98 Å². The smallest absolute Gasteiger partial charge is 0.234 e. The molecule has 0 radical (unpaired) electrons. The van der Waals surface area contributed by atoms with Gasteiger partial charge in [0.15, 0.2) is 10.3 Å². The van der Waals surface area contributed by atoms with Crippen LogP contribution in [0.4, 0.5) is 22.7 Å². The molecule has 1 aliphatic carbocycles. The first-order valence-corrected chi connectivity index (χ1v) is 15.5. The molecule has 0 amide bonds. The molecule has 0 spiro atoms. The maximum atomic E-state index is 12.2. The van der Waals surface area contributed by atoms with Gasteiger partial charge in [-0.3, -0.25) is 10.1 Å². The number of rotatable bonds is 9. The summed E-state index contributed by atoms with van der Waals surface area (Å²) in [5.41, 5.74) is 1.97. The number of nitrogens with zero attached hydrogens (tertiary/aromatic N) is 6. The van der Waals surface area contributed by atoms with Gasteiger partial charge in [-0.2, -0.15) is 15.0 Å². The monoisotopic (exact) mass is 611 g/mol. The van der Waals surface area contributed by atoms with Crippen molar-refractivity contribution in [3.05, 3.63) is 69.1 Å². The van der Waals surface area contributed by atoms with E-state index in [1.807, 2.05) is 49.5 Å². The number of carbonyl (C=O) groups is 1. The molecule has 206 valence electrons. The van der Waals surface area contributed by atoms with Gasteiger partial charge in [-0.15, -0.1) is 11.3 Å². The predicted molar refractivity (Wildman–Crippen MR) is 163 cm³/mol. The van der Waals surface area contributed by atoms with Crippen molar-refractivity contribution in [2.24, 2.45) is 5.92 Å². The molecule has 6 rings (SSSR count). The van der Waals surface area contributed by atoms with Crippen LogP contribution in [0, 0.1) is 12.8 Å². The van der Waals surface area contributed by atoms with Gasteiger partial charge in [0.1, 0.15) is 5.78 Å². The van der Waals surface area contributed by atoms with Crippen LogP contribution in [0.25, 0.3) is 0 Å². The molecule has 0 bridgehead atoms. The summed E-state index contributed by atoms with van der Waals surface area (Å²) in [4.78, 5) is 37.3. The zero-order valence-electron chi connectivity index (χ0n) is 21.8. The summed E-state index contributed by atoms with van der Waals surface area (Å²) in [6.07, 6.45) is 4.39. The van der Waals surface area contributed by atoms with E-state index in [1.165, 1.54) is 11.8 Å². The van der Waals surface area contributed by atoms with Crippen molar-refractivity contribution in [1.82, 2.24) is 19.9 Å². The Kier molecular flexibility index (Phi) is 8.11. The van der Waals surface area contributed by atoms with E-state index < -0.39 is 0 Å². The van der Waals surface area contributed by atoms with Crippen molar-refractivity contribution >= 4 is 74.8 Å². The normalized spacial score (nSPS) is 15.4. The number of nitrogens with one attached hydrogen (secondary N) is 1. The number of hydrogen-bond donors (Lipinski definition) is 1. The third-order valence-electron chi connectivity index (χ3n) is 6.82. The summed E-state index contributed by atoms with van der Waals surface area (Å²) < 4.78 is 0. The summed E-state index contributed by atoms with van der Waals surface area (Å²) in [5, 5.41) is 5.70. The van der Waals surface area contributed by atoms with Crippen LogP contribution in [-0.4, -0.2) is 51.9 Å². The molecule has 12 heteroatoms. The zero-order valence-corrected chi connectivity index (χ0v) is 25.0. The first kappa shape index (κ1) is 27.3. The largest absolute Gasteiger partial charge is 0.367 e. The van der Waals surface area contributed by atoms with Gasteiger partial charge in [0, 0.05) is 54.5 Å². The lowest BCUT2D eigenvalue weighted by Gasteiger charge is -2.36. The number of anilines is 4. The molecule has 4 aromatic rings. The Bertz CT molecular complexity index is 1520. The number of hydrogen-bond acceptors (Lipinski definition) is 10. The van der Waals surface area contributed by atoms with E-state index in [4.69, 9.17) is 33.2 Å². The summed E-state index contributed by atoms with van der Waals surface area (Å²) in [6, 6.07) is 13.8. The van der Waals surface area contributed by atoms with Crippen LogP contribution in [-0.2, 0) is 11.2 Å². The number of carbonyl (C=O) groups excluding carboxylic acids is 1. The molecule has 3 heterocycles. The molecule has 2 aliphatic rings. The second-order valence-electron chi connectivity index (χ2n) is 9.85. The number of aryl methyl sites for hydroxylation is 1. The van der Waals surface area contributed by atoms with Gasteiger partial charge in [0.25, 0.3) is 0 Å². The number of benzene rings is 2. The highest BCUT2D eigenvalue weighted by Gasteiger charge is 2.29. The molecule has 2 aromatic carbocycles. The summed E-state index contributed by atoms with van der Waals surface area (Å²) in [7, 11) is 0. The number of thiazole rings is 1. The lowest BCUT2D eigenvalue weighted by atomic mass is 10.1. The SMILES string of the molecule is Cc1cnc(Nc2nc(Sc3ccc(CC(=O)C4CC4)cc3)nc(N3CCN(c4cccc(Cl)c4Cl)CC3)n2)s1. The van der Waals surface area contributed by atoms with E-state index in [0.717, 1.165) is 65.2 Å². The Hall–Kier alpha value is -2.92. The Balaban J connectivity index is 1.20. The third-order valence-corrected chi connectivity index (χ3v) is 9.33. The Morgan fingerprint density at radius 3 is 2.48 bits per heavy atom. The average Bonchev–Trinajstić information content (AvgIpc) is 3.73. The van der Waals surface area contributed by atoms with Gasteiger partial charge >= 0.3 is 0 Å². The van der Waals surface area contributed by atoms with E-state index in [9.17, 15) is 4.79 Å². The number of ketones is 1. The second kappa shape index (κ2) is 11.9. The van der Waals surface area contributed by atoms with E-state index in [1.54, 1.807) is 17.4 Å². The standard InChI is InChI=1S/C28H27Cl2N7OS2/c1-17-16-31-27(39-17)33-25-32-26(37-13-11-36(12-14-37)22-4-2-3-21(29)24(22)30)35-28(34-25)40-20-9-5-18(6-10-20)15-23(38)19-7-8-19/h2-6,9-10,16,19H,7-8,11-15H2,1H3,(H,31,32,33,34,35). The first-order valence-electron chi connectivity index (χ1n) is 13.1. The van der Waals surface area contributed by atoms with Crippen LogP contribution < -0.4 is 15.1 Å². The molecular formula is C28H27Cl2N7OS2.